The topological polar surface area (TPSA) is 4.93 Å². The molecule has 0 fully saturated rings. The average molecular weight is 294 g/mol. The van der Waals surface area contributed by atoms with E-state index in [0.29, 0.717) is 0 Å². The Kier molecular flexibility index (Phi) is 2.96. The molecule has 2 aromatic rings. The molecule has 1 aromatic carbocycles. The molecule has 0 aliphatic heterocycles. The quantitative estimate of drug-likeness (QED) is 0.581. The average Bonchev–Trinajstić information content (AvgIpc) is 2.56. The van der Waals surface area contributed by atoms with Crippen molar-refractivity contribution in [3.63, 3.8) is 0 Å². The molecular formula is C11H10BIN. The molecule has 69 valence electrons. The molecule has 2 rings (SSSR count). The van der Waals surface area contributed by atoms with Crippen LogP contribution < -0.4 is 11.1 Å². The highest BCUT2D eigenvalue weighted by Crippen LogP contribution is 1.99. The van der Waals surface area contributed by atoms with E-state index in [2.05, 4.69) is 84.1 Å². The molecule has 1 heterocycles. The van der Waals surface area contributed by atoms with Gasteiger partial charge in [-0.15, -0.1) is 0 Å². The Labute approximate surface area is 98.5 Å². The second-order valence-corrected chi connectivity index (χ2v) is 4.37. The normalized spacial score (nSPS) is 10.1. The molecule has 0 aliphatic carbocycles. The van der Waals surface area contributed by atoms with Crippen LogP contribution >= 0.6 is 22.6 Å². The van der Waals surface area contributed by atoms with Crippen molar-refractivity contribution in [3.05, 3.63) is 46.2 Å². The van der Waals surface area contributed by atoms with Crippen LogP contribution in [0.5, 0.6) is 0 Å². The number of aryl methyl sites for hydroxylation is 1. The summed E-state index contributed by atoms with van der Waals surface area (Å²) in [4.78, 5) is 0. The molecule has 0 saturated heterocycles. The summed E-state index contributed by atoms with van der Waals surface area (Å²) in [5.41, 5.74) is 2.50. The van der Waals surface area contributed by atoms with Crippen LogP contribution in [0.1, 0.15) is 0 Å². The van der Waals surface area contributed by atoms with Crippen LogP contribution in [-0.2, 0) is 7.05 Å². The summed E-state index contributed by atoms with van der Waals surface area (Å²) >= 11 is 2.36. The maximum atomic E-state index is 2.36. The van der Waals surface area contributed by atoms with Gasteiger partial charge in [0.2, 0.25) is 7.28 Å². The van der Waals surface area contributed by atoms with Crippen molar-refractivity contribution >= 4 is 40.9 Å². The molecule has 0 saturated carbocycles. The Morgan fingerprint density at radius 1 is 1.14 bits per heavy atom. The third kappa shape index (κ3) is 2.03. The van der Waals surface area contributed by atoms with Crippen LogP contribution in [0.25, 0.3) is 0 Å². The van der Waals surface area contributed by atoms with Gasteiger partial charge in [-0.3, -0.25) is 0 Å². The van der Waals surface area contributed by atoms with Gasteiger partial charge in [0.05, 0.1) is 0 Å². The van der Waals surface area contributed by atoms with Gasteiger partial charge in [-0.25, -0.2) is 0 Å². The van der Waals surface area contributed by atoms with Crippen molar-refractivity contribution in [2.75, 3.05) is 0 Å². The number of hydrogen-bond donors (Lipinski definition) is 0. The molecule has 0 spiro atoms. The van der Waals surface area contributed by atoms with E-state index >= 15 is 0 Å². The van der Waals surface area contributed by atoms with E-state index in [1.807, 2.05) is 0 Å². The largest absolute Gasteiger partial charge is 0.363 e. The van der Waals surface area contributed by atoms with Gasteiger partial charge in [-0.05, 0) is 40.3 Å². The summed E-state index contributed by atoms with van der Waals surface area (Å²) < 4.78 is 3.40. The number of aromatic nitrogens is 1. The van der Waals surface area contributed by atoms with Gasteiger partial charge in [0, 0.05) is 16.8 Å². The Morgan fingerprint density at radius 3 is 2.57 bits per heavy atom. The lowest BCUT2D eigenvalue weighted by Crippen LogP contribution is -2.33. The predicted octanol–water partition coefficient (Wildman–Crippen LogP) is 1.28. The molecule has 0 atom stereocenters. The van der Waals surface area contributed by atoms with Gasteiger partial charge < -0.3 is 4.57 Å². The summed E-state index contributed by atoms with van der Waals surface area (Å²) in [7, 11) is 4.25. The van der Waals surface area contributed by atoms with Crippen molar-refractivity contribution in [1.82, 2.24) is 4.57 Å². The third-order valence-corrected chi connectivity index (χ3v) is 3.17. The molecule has 3 heteroatoms. The van der Waals surface area contributed by atoms with Crippen molar-refractivity contribution < 1.29 is 0 Å². The van der Waals surface area contributed by atoms with Gasteiger partial charge in [0.25, 0.3) is 0 Å². The summed E-state index contributed by atoms with van der Waals surface area (Å²) in [6.45, 7) is 0. The van der Waals surface area contributed by atoms with E-state index in [1.54, 1.807) is 0 Å². The minimum atomic E-state index is 1.23. The van der Waals surface area contributed by atoms with E-state index in [1.165, 1.54) is 14.6 Å². The number of rotatable bonds is 2. The summed E-state index contributed by atoms with van der Waals surface area (Å²) in [6, 6.07) is 12.6. The SMILES string of the molecule is Cn1cccc1[B]c1ccccc1I. The van der Waals surface area contributed by atoms with E-state index in [9.17, 15) is 0 Å². The Balaban J connectivity index is 2.28. The minimum absolute atomic E-state index is 1.23. The van der Waals surface area contributed by atoms with Crippen LogP contribution in [0.3, 0.4) is 0 Å². The first-order valence-corrected chi connectivity index (χ1v) is 5.56. The van der Waals surface area contributed by atoms with Gasteiger partial charge in [-0.1, -0.05) is 29.7 Å². The zero-order chi connectivity index (χ0) is 9.97. The number of nitrogens with zero attached hydrogens (tertiary/aromatic N) is 1. The standard InChI is InChI=1S/C11H10BIN/c1-14-8-4-7-11(14)12-9-5-2-3-6-10(9)13/h2-8H,1H3. The van der Waals surface area contributed by atoms with Gasteiger partial charge in [0.1, 0.15) is 0 Å². The molecule has 0 N–H and O–H groups in total. The Hall–Kier alpha value is -0.705. The molecule has 1 radical (unpaired) electrons. The molecule has 0 aliphatic rings. The fourth-order valence-corrected chi connectivity index (χ4v) is 1.92. The molecule has 0 bridgehead atoms. The monoisotopic (exact) mass is 294 g/mol. The second kappa shape index (κ2) is 4.21. The van der Waals surface area contributed by atoms with E-state index in [0.717, 1.165) is 0 Å². The number of halogens is 1. The van der Waals surface area contributed by atoms with Gasteiger partial charge >= 0.3 is 0 Å². The smallest absolute Gasteiger partial charge is 0.215 e. The third-order valence-electron chi connectivity index (χ3n) is 2.19. The van der Waals surface area contributed by atoms with E-state index < -0.39 is 0 Å². The van der Waals surface area contributed by atoms with Crippen LogP contribution in [0.15, 0.2) is 42.6 Å². The first-order valence-electron chi connectivity index (χ1n) is 4.48. The fourth-order valence-electron chi connectivity index (χ4n) is 1.38. The maximum absolute atomic E-state index is 2.36. The molecule has 1 aromatic heterocycles. The molecule has 0 unspecified atom stereocenters. The van der Waals surface area contributed by atoms with Crippen molar-refractivity contribution in [2.45, 2.75) is 0 Å². The maximum Gasteiger partial charge on any atom is 0.215 e. The Morgan fingerprint density at radius 2 is 1.93 bits per heavy atom. The van der Waals surface area contributed by atoms with Crippen LogP contribution in [0.2, 0.25) is 0 Å². The zero-order valence-electron chi connectivity index (χ0n) is 7.94. The van der Waals surface area contributed by atoms with Crippen molar-refractivity contribution in [2.24, 2.45) is 7.05 Å². The van der Waals surface area contributed by atoms with E-state index in [-0.39, 0.29) is 0 Å². The molecular weight excluding hydrogens is 284 g/mol. The summed E-state index contributed by atoms with van der Waals surface area (Å²) in [5, 5.41) is 0. The van der Waals surface area contributed by atoms with Crippen molar-refractivity contribution in [1.29, 1.82) is 0 Å². The summed E-state index contributed by atoms with van der Waals surface area (Å²) in [6.07, 6.45) is 2.06. The predicted molar refractivity (Wildman–Crippen MR) is 69.6 cm³/mol. The molecule has 0 amide bonds. The highest BCUT2D eigenvalue weighted by atomic mass is 127. The van der Waals surface area contributed by atoms with Crippen LogP contribution in [0.4, 0.5) is 0 Å². The summed E-state index contributed by atoms with van der Waals surface area (Å²) in [5.74, 6) is 0. The van der Waals surface area contributed by atoms with E-state index in [4.69, 9.17) is 0 Å². The van der Waals surface area contributed by atoms with Gasteiger partial charge in [-0.2, -0.15) is 0 Å². The lowest BCUT2D eigenvalue weighted by Gasteiger charge is -2.04. The minimum Gasteiger partial charge on any atom is -0.363 e. The molecule has 14 heavy (non-hydrogen) atoms. The molecule has 1 nitrogen and oxygen atoms in total. The lowest BCUT2D eigenvalue weighted by atomic mass is 9.67. The lowest BCUT2D eigenvalue weighted by molar-refractivity contribution is 0.958. The van der Waals surface area contributed by atoms with Crippen LogP contribution in [0, 0.1) is 3.57 Å². The number of hydrogen-bond acceptors (Lipinski definition) is 0. The van der Waals surface area contributed by atoms with Crippen molar-refractivity contribution in [3.8, 4) is 0 Å². The number of benzene rings is 1. The highest BCUT2D eigenvalue weighted by Gasteiger charge is 2.04. The van der Waals surface area contributed by atoms with Gasteiger partial charge in [0.15, 0.2) is 0 Å². The second-order valence-electron chi connectivity index (χ2n) is 3.21. The first-order chi connectivity index (χ1) is 6.77. The zero-order valence-corrected chi connectivity index (χ0v) is 10.1. The Bertz CT molecular complexity index is 436. The van der Waals surface area contributed by atoms with Crippen LogP contribution in [-0.4, -0.2) is 11.8 Å². The first kappa shape index (κ1) is 9.83. The fraction of sp³-hybridized carbons (Fsp3) is 0.0909. The highest BCUT2D eigenvalue weighted by molar-refractivity contribution is 14.1.